The van der Waals surface area contributed by atoms with E-state index in [9.17, 15) is 18.3 Å². The van der Waals surface area contributed by atoms with E-state index < -0.39 is 46.1 Å². The molecule has 10 aliphatic rings. The summed E-state index contributed by atoms with van der Waals surface area (Å²) in [7, 11) is -1.84. The van der Waals surface area contributed by atoms with Crippen molar-refractivity contribution < 1.29 is 61.0 Å². The lowest BCUT2D eigenvalue weighted by Crippen LogP contribution is -2.61. The Balaban J connectivity index is 0.989. The number of carbonyl (C=O) groups is 1. The molecule has 0 amide bonds. The molecular formula is C41H60O13S. The predicted octanol–water partition coefficient (Wildman–Crippen LogP) is 3.52. The first kappa shape index (κ1) is 39.2. The minimum atomic E-state index is -3.42. The number of hydrogen-bond acceptors (Lipinski definition) is 13. The number of aliphatic hydroxyl groups is 1. The standard InChI is InChI=1S/C41H60O13S/c1-20-12-25-6-8-29-21(2)13-27(47-29)10-11-41-18-34-37(53-41)38-39(52-34)40(54-41)36-30(51-38)9-7-26(49-36)14-23(42)15-28-32(17-31(48-25)22(20)3)50-33(35(28)46-4)16-24(43)19-55(5,44)45/h20,24-40,43H,2-3,6-19H2,1,4-5H3/t20-,24+,25?,26-,27+,28?,29+,30+,31-,32?,33-,34-,35-,36+,37+,38+,39-,40+,41+/m1/s1. The number of fused-ring (bicyclic) bond motifs is 6. The van der Waals surface area contributed by atoms with Crippen molar-refractivity contribution in [1.82, 2.24) is 0 Å². The van der Waals surface area contributed by atoms with Gasteiger partial charge in [0.15, 0.2) is 5.79 Å². The van der Waals surface area contributed by atoms with Gasteiger partial charge in [-0.25, -0.2) is 8.42 Å². The SMILES string of the molecule is C=C1C[C@@H]2CC[C@@]34C[C@H]5O[C@H]6[C@@H](O3)[C@H]3O[C@H](CC[C@@H]3O[C@H]6[C@H]5O4)CC(=O)CC3C(C[C@H]4OC(CC[C@@H]1O2)C[C@@H](C)C4=C)O[C@H](C[C@H](O)CS(C)(=O)=O)[C@@H]3OC. The third-order valence-electron chi connectivity index (χ3n) is 14.2. The molecule has 0 aromatic heterocycles. The van der Waals surface area contributed by atoms with Crippen LogP contribution in [0.2, 0.25) is 0 Å². The molecule has 308 valence electrons. The largest absolute Gasteiger partial charge is 0.392 e. The molecule has 14 heteroatoms. The van der Waals surface area contributed by atoms with Gasteiger partial charge in [0.25, 0.3) is 0 Å². The molecular weight excluding hydrogens is 733 g/mol. The second-order valence-electron chi connectivity index (χ2n) is 18.3. The summed E-state index contributed by atoms with van der Waals surface area (Å²) in [4.78, 5) is 14.1. The average molecular weight is 793 g/mol. The van der Waals surface area contributed by atoms with Crippen molar-refractivity contribution in [2.75, 3.05) is 19.1 Å². The molecule has 0 aromatic carbocycles. The Morgan fingerprint density at radius 2 is 1.53 bits per heavy atom. The van der Waals surface area contributed by atoms with Crippen molar-refractivity contribution in [1.29, 1.82) is 0 Å². The number of carbonyl (C=O) groups excluding carboxylic acids is 1. The topological polar surface area (TPSA) is 155 Å². The highest BCUT2D eigenvalue weighted by Gasteiger charge is 2.68. The van der Waals surface area contributed by atoms with Crippen LogP contribution in [0.1, 0.15) is 90.4 Å². The molecule has 55 heavy (non-hydrogen) atoms. The van der Waals surface area contributed by atoms with Crippen molar-refractivity contribution in [3.8, 4) is 0 Å². The maximum Gasteiger partial charge on any atom is 0.172 e. The van der Waals surface area contributed by atoms with Crippen molar-refractivity contribution in [2.24, 2.45) is 11.8 Å². The van der Waals surface area contributed by atoms with Crippen LogP contribution in [-0.2, 0) is 57.3 Å². The van der Waals surface area contributed by atoms with Gasteiger partial charge >= 0.3 is 0 Å². The molecule has 0 radical (unpaired) electrons. The second-order valence-corrected chi connectivity index (χ2v) is 20.5. The van der Waals surface area contributed by atoms with Crippen LogP contribution in [0.25, 0.3) is 0 Å². The van der Waals surface area contributed by atoms with E-state index in [1.54, 1.807) is 7.11 Å². The fourth-order valence-corrected chi connectivity index (χ4v) is 12.4. The molecule has 0 saturated carbocycles. The molecule has 19 atom stereocenters. The normalized spacial score (nSPS) is 50.5. The minimum absolute atomic E-state index is 0.0127. The van der Waals surface area contributed by atoms with E-state index in [0.29, 0.717) is 25.7 Å². The van der Waals surface area contributed by atoms with Gasteiger partial charge in [0.05, 0.1) is 72.9 Å². The number of sulfone groups is 1. The van der Waals surface area contributed by atoms with Crippen molar-refractivity contribution >= 4 is 15.6 Å². The summed E-state index contributed by atoms with van der Waals surface area (Å²) in [6, 6.07) is 0. The van der Waals surface area contributed by atoms with E-state index in [2.05, 4.69) is 20.1 Å². The molecule has 1 spiro atoms. The van der Waals surface area contributed by atoms with Gasteiger partial charge in [-0.15, -0.1) is 0 Å². The van der Waals surface area contributed by atoms with Crippen LogP contribution in [0, 0.1) is 11.8 Å². The lowest BCUT2D eigenvalue weighted by molar-refractivity contribution is -0.292. The number of ketones is 1. The summed E-state index contributed by atoms with van der Waals surface area (Å²) in [6.07, 6.45) is 3.72. The Labute approximate surface area is 325 Å². The molecule has 1 N–H and O–H groups in total. The van der Waals surface area contributed by atoms with Gasteiger partial charge in [-0.2, -0.15) is 0 Å². The molecule has 10 heterocycles. The zero-order valence-electron chi connectivity index (χ0n) is 32.5. The summed E-state index contributed by atoms with van der Waals surface area (Å²) in [5, 5.41) is 10.8. The fourth-order valence-electron chi connectivity index (χ4n) is 11.6. The van der Waals surface area contributed by atoms with Crippen LogP contribution in [0.4, 0.5) is 0 Å². The smallest absolute Gasteiger partial charge is 0.172 e. The summed E-state index contributed by atoms with van der Waals surface area (Å²) in [6.45, 7) is 11.1. The van der Waals surface area contributed by atoms with Crippen molar-refractivity contribution in [3.63, 3.8) is 0 Å². The molecule has 13 nitrogen and oxygen atoms in total. The monoisotopic (exact) mass is 792 g/mol. The van der Waals surface area contributed by atoms with Gasteiger partial charge in [0.2, 0.25) is 0 Å². The highest BCUT2D eigenvalue weighted by Crippen LogP contribution is 2.54. The van der Waals surface area contributed by atoms with Gasteiger partial charge in [-0.3, -0.25) is 4.79 Å². The predicted molar refractivity (Wildman–Crippen MR) is 197 cm³/mol. The third kappa shape index (κ3) is 7.69. The number of aliphatic hydroxyl groups excluding tert-OH is 1. The van der Waals surface area contributed by atoms with E-state index in [1.807, 2.05) is 0 Å². The number of methoxy groups -OCH3 is 1. The lowest BCUT2D eigenvalue weighted by atomic mass is 9.81. The van der Waals surface area contributed by atoms with Crippen LogP contribution in [-0.4, -0.2) is 142 Å². The Morgan fingerprint density at radius 3 is 2.33 bits per heavy atom. The molecule has 10 fully saturated rings. The molecule has 0 aromatic rings. The second kappa shape index (κ2) is 15.1. The van der Waals surface area contributed by atoms with Gasteiger partial charge in [-0.1, -0.05) is 20.1 Å². The summed E-state index contributed by atoms with van der Waals surface area (Å²) >= 11 is 0. The summed E-state index contributed by atoms with van der Waals surface area (Å²) in [5.41, 5.74) is 2.11. The zero-order valence-corrected chi connectivity index (χ0v) is 33.3. The van der Waals surface area contributed by atoms with Gasteiger partial charge < -0.3 is 47.7 Å². The van der Waals surface area contributed by atoms with Gasteiger partial charge in [-0.05, 0) is 62.0 Å². The molecule has 10 rings (SSSR count). The Morgan fingerprint density at radius 1 is 0.800 bits per heavy atom. The van der Waals surface area contributed by atoms with Crippen molar-refractivity contribution in [2.45, 2.75) is 194 Å². The van der Waals surface area contributed by atoms with Crippen LogP contribution >= 0.6 is 0 Å². The quantitative estimate of drug-likeness (QED) is 0.405. The van der Waals surface area contributed by atoms with Crippen LogP contribution in [0.15, 0.2) is 24.3 Å². The average Bonchev–Trinajstić information content (AvgIpc) is 3.79. The maximum absolute atomic E-state index is 14.1. The summed E-state index contributed by atoms with van der Waals surface area (Å²) in [5.74, 6) is -1.29. The number of Topliss-reactive ketones (excluding diaryl/α,β-unsaturated/α-hetero) is 1. The first-order chi connectivity index (χ1) is 26.2. The van der Waals surface area contributed by atoms with Crippen LogP contribution in [0.3, 0.4) is 0 Å². The number of hydrogen-bond donors (Lipinski definition) is 1. The number of rotatable bonds is 5. The highest BCUT2D eigenvalue weighted by atomic mass is 32.2. The van der Waals surface area contributed by atoms with E-state index in [4.69, 9.17) is 42.6 Å². The molecule has 3 unspecified atom stereocenters. The van der Waals surface area contributed by atoms with Gasteiger partial charge in [0, 0.05) is 57.8 Å². The highest BCUT2D eigenvalue weighted by molar-refractivity contribution is 7.90. The minimum Gasteiger partial charge on any atom is -0.392 e. The Hall–Kier alpha value is -1.30. The Bertz CT molecular complexity index is 1600. The van der Waals surface area contributed by atoms with Gasteiger partial charge in [0.1, 0.15) is 46.1 Å². The van der Waals surface area contributed by atoms with Crippen molar-refractivity contribution in [3.05, 3.63) is 24.3 Å². The van der Waals surface area contributed by atoms with E-state index >= 15 is 0 Å². The first-order valence-corrected chi connectivity index (χ1v) is 22.9. The van der Waals surface area contributed by atoms with Crippen LogP contribution in [0.5, 0.6) is 0 Å². The zero-order chi connectivity index (χ0) is 38.4. The van der Waals surface area contributed by atoms with E-state index in [1.165, 1.54) is 0 Å². The summed E-state index contributed by atoms with van der Waals surface area (Å²) < 4.78 is 84.0. The fraction of sp³-hybridized carbons (Fsp3) is 0.878. The first-order valence-electron chi connectivity index (χ1n) is 20.8. The maximum atomic E-state index is 14.1. The third-order valence-corrected chi connectivity index (χ3v) is 15.2. The number of ether oxygens (including phenoxy) is 9. The van der Waals surface area contributed by atoms with E-state index in [0.717, 1.165) is 55.9 Å². The Kier molecular flexibility index (Phi) is 10.7. The molecule has 12 bridgehead atoms. The van der Waals surface area contributed by atoms with Crippen LogP contribution < -0.4 is 0 Å². The lowest BCUT2D eigenvalue weighted by Gasteiger charge is -2.47. The molecule has 10 aliphatic heterocycles. The molecule has 0 aliphatic carbocycles. The molecule has 10 saturated heterocycles. The van der Waals surface area contributed by atoms with E-state index in [-0.39, 0.29) is 110 Å².